The molecule has 0 bridgehead atoms. The van der Waals surface area contributed by atoms with Crippen molar-refractivity contribution in [1.29, 1.82) is 0 Å². The highest BCUT2D eigenvalue weighted by molar-refractivity contribution is 5.94. The number of carbonyl (C=O) groups is 1. The zero-order valence-corrected chi connectivity index (χ0v) is 13.2. The lowest BCUT2D eigenvalue weighted by Gasteiger charge is -2.08. The van der Waals surface area contributed by atoms with Crippen LogP contribution in [-0.2, 0) is 13.2 Å². The highest BCUT2D eigenvalue weighted by Gasteiger charge is 2.08. The molecule has 6 nitrogen and oxygen atoms in total. The van der Waals surface area contributed by atoms with Gasteiger partial charge in [-0.15, -0.1) is 0 Å². The summed E-state index contributed by atoms with van der Waals surface area (Å²) in [5, 5.41) is 18.3. The summed E-state index contributed by atoms with van der Waals surface area (Å²) in [6.07, 6.45) is 0. The Morgan fingerprint density at radius 2 is 1.92 bits per heavy atom. The average Bonchev–Trinajstić information content (AvgIpc) is 3.08. The fourth-order valence-electron chi connectivity index (χ4n) is 2.23. The molecule has 1 aromatic heterocycles. The minimum absolute atomic E-state index is 0.163. The Morgan fingerprint density at radius 3 is 2.64 bits per heavy atom. The van der Waals surface area contributed by atoms with Crippen LogP contribution in [0.25, 0.3) is 0 Å². The molecule has 0 radical (unpaired) electrons. The van der Waals surface area contributed by atoms with E-state index in [2.05, 4.69) is 15.5 Å². The molecule has 0 unspecified atom stereocenters. The quantitative estimate of drug-likeness (QED) is 0.643. The second-order valence-corrected chi connectivity index (χ2v) is 5.31. The van der Waals surface area contributed by atoms with Crippen LogP contribution in [0.2, 0.25) is 0 Å². The first-order valence-corrected chi connectivity index (χ1v) is 7.60. The summed E-state index contributed by atoms with van der Waals surface area (Å²) in [5.41, 5.74) is 1.61. The number of amides is 1. The SMILES string of the molecule is O=C(NCc1cc(CO)n[nH]1)c1cccc(Oc2cccc(F)c2)c1. The summed E-state index contributed by atoms with van der Waals surface area (Å²) in [5.74, 6) is 0.104. The van der Waals surface area contributed by atoms with E-state index in [1.54, 1.807) is 42.5 Å². The van der Waals surface area contributed by atoms with Gasteiger partial charge in [-0.2, -0.15) is 5.10 Å². The van der Waals surface area contributed by atoms with E-state index < -0.39 is 5.82 Å². The summed E-state index contributed by atoms with van der Waals surface area (Å²) >= 11 is 0. The molecule has 0 spiro atoms. The Kier molecular flexibility index (Phi) is 5.06. The van der Waals surface area contributed by atoms with Crippen LogP contribution < -0.4 is 10.1 Å². The van der Waals surface area contributed by atoms with Gasteiger partial charge < -0.3 is 15.2 Å². The molecule has 0 aliphatic heterocycles. The fourth-order valence-corrected chi connectivity index (χ4v) is 2.23. The van der Waals surface area contributed by atoms with E-state index in [0.717, 1.165) is 0 Å². The number of nitrogens with one attached hydrogen (secondary N) is 2. The second kappa shape index (κ2) is 7.59. The lowest BCUT2D eigenvalue weighted by atomic mass is 10.2. The maximum atomic E-state index is 13.2. The van der Waals surface area contributed by atoms with Crippen molar-refractivity contribution >= 4 is 5.91 Å². The second-order valence-electron chi connectivity index (χ2n) is 5.31. The molecule has 0 saturated heterocycles. The van der Waals surface area contributed by atoms with Crippen LogP contribution in [0, 0.1) is 5.82 Å². The topological polar surface area (TPSA) is 87.2 Å². The van der Waals surface area contributed by atoms with Gasteiger partial charge in [-0.25, -0.2) is 4.39 Å². The number of aliphatic hydroxyl groups excluding tert-OH is 1. The smallest absolute Gasteiger partial charge is 0.251 e. The summed E-state index contributed by atoms with van der Waals surface area (Å²) < 4.78 is 18.8. The number of aromatic nitrogens is 2. The van der Waals surface area contributed by atoms with E-state index in [0.29, 0.717) is 28.5 Å². The third-order valence-corrected chi connectivity index (χ3v) is 3.41. The largest absolute Gasteiger partial charge is 0.457 e. The number of hydrogen-bond acceptors (Lipinski definition) is 4. The normalized spacial score (nSPS) is 10.5. The Bertz CT molecular complexity index is 879. The van der Waals surface area contributed by atoms with Crippen molar-refractivity contribution in [3.05, 3.63) is 77.4 Å². The van der Waals surface area contributed by atoms with E-state index in [-0.39, 0.29) is 19.1 Å². The minimum Gasteiger partial charge on any atom is -0.457 e. The number of hydrogen-bond donors (Lipinski definition) is 3. The van der Waals surface area contributed by atoms with Crippen LogP contribution in [0.3, 0.4) is 0 Å². The molecule has 1 amide bonds. The molecule has 3 aromatic rings. The molecule has 0 fully saturated rings. The van der Waals surface area contributed by atoms with Gasteiger partial charge in [0.05, 0.1) is 24.5 Å². The van der Waals surface area contributed by atoms with Crippen molar-refractivity contribution in [2.24, 2.45) is 0 Å². The van der Waals surface area contributed by atoms with Crippen molar-refractivity contribution in [3.8, 4) is 11.5 Å². The van der Waals surface area contributed by atoms with Gasteiger partial charge in [0.15, 0.2) is 0 Å². The van der Waals surface area contributed by atoms with Crippen LogP contribution >= 0.6 is 0 Å². The van der Waals surface area contributed by atoms with E-state index >= 15 is 0 Å². The molecule has 3 N–H and O–H groups in total. The predicted molar refractivity (Wildman–Crippen MR) is 88.6 cm³/mol. The van der Waals surface area contributed by atoms with E-state index in [9.17, 15) is 9.18 Å². The minimum atomic E-state index is -0.395. The molecule has 0 atom stereocenters. The highest BCUT2D eigenvalue weighted by atomic mass is 19.1. The molecule has 7 heteroatoms. The Hall–Kier alpha value is -3.19. The molecular formula is C18H16FN3O3. The predicted octanol–water partition coefficient (Wildman–Crippen LogP) is 2.76. The number of nitrogens with zero attached hydrogens (tertiary/aromatic N) is 1. The van der Waals surface area contributed by atoms with E-state index in [4.69, 9.17) is 9.84 Å². The van der Waals surface area contributed by atoms with Crippen LogP contribution in [0.15, 0.2) is 54.6 Å². The van der Waals surface area contributed by atoms with Crippen LogP contribution in [0.4, 0.5) is 4.39 Å². The van der Waals surface area contributed by atoms with Crippen LogP contribution in [0.1, 0.15) is 21.7 Å². The molecule has 3 rings (SSSR count). The molecular weight excluding hydrogens is 325 g/mol. The molecule has 2 aromatic carbocycles. The zero-order valence-electron chi connectivity index (χ0n) is 13.2. The number of aromatic amines is 1. The standard InChI is InChI=1S/C18H16FN3O3/c19-13-4-2-6-17(8-13)25-16-5-1-3-12(7-16)18(24)20-10-14-9-15(11-23)22-21-14/h1-9,23H,10-11H2,(H,20,24)(H,21,22). The molecule has 25 heavy (non-hydrogen) atoms. The van der Waals surface area contributed by atoms with Crippen molar-refractivity contribution in [3.63, 3.8) is 0 Å². The van der Waals surface area contributed by atoms with E-state index in [1.165, 1.54) is 12.1 Å². The number of rotatable bonds is 6. The monoisotopic (exact) mass is 341 g/mol. The van der Waals surface area contributed by atoms with Gasteiger partial charge >= 0.3 is 0 Å². The van der Waals surface area contributed by atoms with Crippen molar-refractivity contribution < 1.29 is 19.0 Å². The third-order valence-electron chi connectivity index (χ3n) is 3.41. The number of H-pyrrole nitrogens is 1. The Balaban J connectivity index is 1.64. The number of halogens is 1. The first-order valence-electron chi connectivity index (χ1n) is 7.60. The van der Waals surface area contributed by atoms with Gasteiger partial charge in [0.1, 0.15) is 17.3 Å². The van der Waals surface area contributed by atoms with Gasteiger partial charge in [-0.1, -0.05) is 12.1 Å². The lowest BCUT2D eigenvalue weighted by molar-refractivity contribution is 0.0950. The molecule has 0 aliphatic carbocycles. The van der Waals surface area contributed by atoms with Crippen LogP contribution in [-0.4, -0.2) is 21.2 Å². The number of carbonyl (C=O) groups excluding carboxylic acids is 1. The van der Waals surface area contributed by atoms with Crippen LogP contribution in [0.5, 0.6) is 11.5 Å². The van der Waals surface area contributed by atoms with Gasteiger partial charge in [-0.3, -0.25) is 9.89 Å². The third kappa shape index (κ3) is 4.42. The molecule has 1 heterocycles. The lowest BCUT2D eigenvalue weighted by Crippen LogP contribution is -2.22. The summed E-state index contributed by atoms with van der Waals surface area (Å²) in [4.78, 5) is 12.2. The van der Waals surface area contributed by atoms with Crippen molar-refractivity contribution in [2.75, 3.05) is 0 Å². The summed E-state index contributed by atoms with van der Waals surface area (Å²) in [7, 11) is 0. The van der Waals surface area contributed by atoms with E-state index in [1.807, 2.05) is 0 Å². The maximum absolute atomic E-state index is 13.2. The molecule has 0 saturated carbocycles. The summed E-state index contributed by atoms with van der Waals surface area (Å²) in [6, 6.07) is 14.0. The molecule has 0 aliphatic rings. The first kappa shape index (κ1) is 16.7. The van der Waals surface area contributed by atoms with Gasteiger partial charge in [0.2, 0.25) is 0 Å². The number of ether oxygens (including phenoxy) is 1. The van der Waals surface area contributed by atoms with Crippen molar-refractivity contribution in [1.82, 2.24) is 15.5 Å². The van der Waals surface area contributed by atoms with Gasteiger partial charge in [0, 0.05) is 11.6 Å². The van der Waals surface area contributed by atoms with Crippen molar-refractivity contribution in [2.45, 2.75) is 13.2 Å². The summed E-state index contributed by atoms with van der Waals surface area (Å²) in [6.45, 7) is 0.0880. The van der Waals surface area contributed by atoms with Gasteiger partial charge in [0.25, 0.3) is 5.91 Å². The fraction of sp³-hybridized carbons (Fsp3) is 0.111. The maximum Gasteiger partial charge on any atom is 0.251 e. The first-order chi connectivity index (χ1) is 12.1. The Labute approximate surface area is 143 Å². The number of benzene rings is 2. The average molecular weight is 341 g/mol. The Morgan fingerprint density at radius 1 is 1.16 bits per heavy atom. The highest BCUT2D eigenvalue weighted by Crippen LogP contribution is 2.22. The van der Waals surface area contributed by atoms with Gasteiger partial charge in [-0.05, 0) is 36.4 Å². The number of aliphatic hydroxyl groups is 1. The zero-order chi connectivity index (χ0) is 17.6. The molecule has 128 valence electrons.